The second kappa shape index (κ2) is 4.19. The fraction of sp³-hybridized carbons (Fsp3) is 0.125. The molecular formula is C8H8N6OS. The molecule has 3 N–H and O–H groups in total. The van der Waals surface area contributed by atoms with Crippen molar-refractivity contribution >= 4 is 28.2 Å². The Balaban J connectivity index is 2.14. The smallest absolute Gasteiger partial charge is 0.277 e. The highest BCUT2D eigenvalue weighted by Crippen LogP contribution is 2.14. The largest absolute Gasteiger partial charge is 0.382 e. The molecule has 2 heterocycles. The van der Waals surface area contributed by atoms with Crippen LogP contribution in [0.5, 0.6) is 0 Å². The molecule has 0 aliphatic carbocycles. The molecule has 0 aliphatic heterocycles. The van der Waals surface area contributed by atoms with Crippen molar-refractivity contribution in [2.45, 2.75) is 6.92 Å². The van der Waals surface area contributed by atoms with Gasteiger partial charge in [-0.3, -0.25) is 15.1 Å². The van der Waals surface area contributed by atoms with E-state index in [4.69, 9.17) is 5.73 Å². The van der Waals surface area contributed by atoms with E-state index in [0.29, 0.717) is 5.13 Å². The van der Waals surface area contributed by atoms with Crippen molar-refractivity contribution in [2.24, 2.45) is 0 Å². The number of aryl methyl sites for hydroxylation is 1. The van der Waals surface area contributed by atoms with Gasteiger partial charge in [0.25, 0.3) is 5.91 Å². The van der Waals surface area contributed by atoms with Crippen LogP contribution in [0.15, 0.2) is 12.4 Å². The van der Waals surface area contributed by atoms with E-state index in [9.17, 15) is 4.79 Å². The van der Waals surface area contributed by atoms with Crippen LogP contribution in [-0.4, -0.2) is 26.1 Å². The van der Waals surface area contributed by atoms with Gasteiger partial charge in [-0.1, -0.05) is 11.3 Å². The van der Waals surface area contributed by atoms with Crippen LogP contribution >= 0.6 is 11.3 Å². The number of rotatable bonds is 2. The van der Waals surface area contributed by atoms with E-state index >= 15 is 0 Å². The summed E-state index contributed by atoms with van der Waals surface area (Å²) in [5.74, 6) is -0.211. The Morgan fingerprint density at radius 1 is 1.44 bits per heavy atom. The third kappa shape index (κ3) is 2.28. The van der Waals surface area contributed by atoms with Crippen LogP contribution in [-0.2, 0) is 0 Å². The Hall–Kier alpha value is -2.09. The molecule has 0 radical (unpaired) electrons. The van der Waals surface area contributed by atoms with Crippen molar-refractivity contribution < 1.29 is 4.79 Å². The van der Waals surface area contributed by atoms with Gasteiger partial charge >= 0.3 is 0 Å². The molecule has 0 saturated heterocycles. The molecule has 2 aromatic rings. The minimum Gasteiger partial charge on any atom is -0.382 e. The second-order valence-corrected chi connectivity index (χ2v) is 4.09. The molecule has 0 unspecified atom stereocenters. The van der Waals surface area contributed by atoms with Gasteiger partial charge < -0.3 is 5.73 Å². The monoisotopic (exact) mass is 236 g/mol. The molecule has 0 atom stereocenters. The van der Waals surface area contributed by atoms with Crippen molar-refractivity contribution in [3.8, 4) is 0 Å². The van der Waals surface area contributed by atoms with Gasteiger partial charge in [-0.25, -0.2) is 4.98 Å². The fourth-order valence-corrected chi connectivity index (χ4v) is 1.59. The molecule has 0 spiro atoms. The first-order valence-corrected chi connectivity index (χ1v) is 5.16. The number of nitrogens with zero attached hydrogens (tertiary/aromatic N) is 4. The van der Waals surface area contributed by atoms with Crippen molar-refractivity contribution in [1.82, 2.24) is 20.2 Å². The van der Waals surface area contributed by atoms with Crippen LogP contribution in [0.25, 0.3) is 0 Å². The van der Waals surface area contributed by atoms with Gasteiger partial charge in [0.05, 0.1) is 12.4 Å². The lowest BCUT2D eigenvalue weighted by atomic mass is 10.4. The molecule has 7 nitrogen and oxygen atoms in total. The summed E-state index contributed by atoms with van der Waals surface area (Å²) in [6.45, 7) is 1.80. The van der Waals surface area contributed by atoms with E-state index in [-0.39, 0.29) is 11.5 Å². The molecule has 8 heteroatoms. The zero-order valence-corrected chi connectivity index (χ0v) is 9.15. The first-order chi connectivity index (χ1) is 7.65. The highest BCUT2D eigenvalue weighted by atomic mass is 32.1. The zero-order chi connectivity index (χ0) is 11.5. The Bertz CT molecular complexity index is 525. The summed E-state index contributed by atoms with van der Waals surface area (Å²) in [4.78, 5) is 19.3. The van der Waals surface area contributed by atoms with Crippen molar-refractivity contribution in [2.75, 3.05) is 11.1 Å². The number of carbonyl (C=O) groups is 1. The highest BCUT2D eigenvalue weighted by molar-refractivity contribution is 7.15. The number of nitrogens with two attached hydrogens (primary N) is 1. The predicted octanol–water partition coefficient (Wildman–Crippen LogP) is 0.471. The average molecular weight is 236 g/mol. The lowest BCUT2D eigenvalue weighted by Gasteiger charge is -1.99. The first-order valence-electron chi connectivity index (χ1n) is 4.34. The number of amides is 1. The van der Waals surface area contributed by atoms with E-state index < -0.39 is 5.91 Å². The van der Waals surface area contributed by atoms with Gasteiger partial charge in [0.1, 0.15) is 16.5 Å². The second-order valence-electron chi connectivity index (χ2n) is 2.91. The van der Waals surface area contributed by atoms with Gasteiger partial charge in [0, 0.05) is 0 Å². The maximum Gasteiger partial charge on any atom is 0.277 e. The molecule has 0 fully saturated rings. The molecule has 0 bridgehead atoms. The lowest BCUT2D eigenvalue weighted by molar-refractivity contribution is 0.102. The molecule has 2 aromatic heterocycles. The Morgan fingerprint density at radius 3 is 2.88 bits per heavy atom. The minimum absolute atomic E-state index is 0.146. The SMILES string of the molecule is Cc1nnc(NC(=O)c2cncc(N)n2)s1. The van der Waals surface area contributed by atoms with Crippen molar-refractivity contribution in [3.63, 3.8) is 0 Å². The summed E-state index contributed by atoms with van der Waals surface area (Å²) in [5.41, 5.74) is 5.56. The third-order valence-corrected chi connectivity index (χ3v) is 2.39. The van der Waals surface area contributed by atoms with Gasteiger partial charge in [0.2, 0.25) is 5.13 Å². The quantitative estimate of drug-likeness (QED) is 0.785. The molecule has 82 valence electrons. The summed E-state index contributed by atoms with van der Waals surface area (Å²) in [6, 6.07) is 0. The summed E-state index contributed by atoms with van der Waals surface area (Å²) in [5, 5.41) is 11.3. The summed E-state index contributed by atoms with van der Waals surface area (Å²) in [7, 11) is 0. The normalized spacial score (nSPS) is 10.1. The number of aromatic nitrogens is 4. The fourth-order valence-electron chi connectivity index (χ4n) is 0.999. The number of carbonyl (C=O) groups excluding carboxylic acids is 1. The van der Waals surface area contributed by atoms with E-state index in [2.05, 4.69) is 25.5 Å². The average Bonchev–Trinajstić information content (AvgIpc) is 2.64. The number of hydrogen-bond donors (Lipinski definition) is 2. The molecule has 1 amide bonds. The number of anilines is 2. The molecule has 0 saturated carbocycles. The van der Waals surface area contributed by atoms with E-state index in [1.807, 2.05) is 0 Å². The first kappa shape index (κ1) is 10.4. The van der Waals surface area contributed by atoms with Crippen LogP contribution in [0.4, 0.5) is 10.9 Å². The third-order valence-electron chi connectivity index (χ3n) is 1.63. The summed E-state index contributed by atoms with van der Waals surface area (Å²) >= 11 is 1.28. The van der Waals surface area contributed by atoms with Crippen LogP contribution in [0.2, 0.25) is 0 Å². The lowest BCUT2D eigenvalue weighted by Crippen LogP contribution is -2.14. The van der Waals surface area contributed by atoms with Crippen LogP contribution < -0.4 is 11.1 Å². The molecule has 0 aromatic carbocycles. The maximum absolute atomic E-state index is 11.6. The number of nitrogen functional groups attached to an aromatic ring is 1. The van der Waals surface area contributed by atoms with Crippen LogP contribution in [0, 0.1) is 6.92 Å². The molecule has 16 heavy (non-hydrogen) atoms. The molecule has 2 rings (SSSR count). The molecule has 0 aliphatic rings. The minimum atomic E-state index is -0.407. The summed E-state index contributed by atoms with van der Waals surface area (Å²) < 4.78 is 0. The number of hydrogen-bond acceptors (Lipinski definition) is 7. The number of nitrogens with one attached hydrogen (secondary N) is 1. The Labute approximate surface area is 94.8 Å². The van der Waals surface area contributed by atoms with Gasteiger partial charge in [-0.2, -0.15) is 0 Å². The Morgan fingerprint density at radius 2 is 2.25 bits per heavy atom. The van der Waals surface area contributed by atoms with Crippen LogP contribution in [0.3, 0.4) is 0 Å². The van der Waals surface area contributed by atoms with Crippen molar-refractivity contribution in [1.29, 1.82) is 0 Å². The topological polar surface area (TPSA) is 107 Å². The van der Waals surface area contributed by atoms with E-state index in [1.54, 1.807) is 6.92 Å². The van der Waals surface area contributed by atoms with Gasteiger partial charge in [0.15, 0.2) is 0 Å². The molecular weight excluding hydrogens is 228 g/mol. The maximum atomic E-state index is 11.6. The zero-order valence-electron chi connectivity index (χ0n) is 8.34. The Kier molecular flexibility index (Phi) is 2.73. The summed E-state index contributed by atoms with van der Waals surface area (Å²) in [6.07, 6.45) is 2.70. The van der Waals surface area contributed by atoms with E-state index in [1.165, 1.54) is 23.7 Å². The van der Waals surface area contributed by atoms with Gasteiger partial charge in [-0.05, 0) is 6.92 Å². The predicted molar refractivity (Wildman–Crippen MR) is 59.0 cm³/mol. The van der Waals surface area contributed by atoms with E-state index in [0.717, 1.165) is 5.01 Å². The van der Waals surface area contributed by atoms with Crippen molar-refractivity contribution in [3.05, 3.63) is 23.1 Å². The van der Waals surface area contributed by atoms with Gasteiger partial charge in [-0.15, -0.1) is 10.2 Å². The highest BCUT2D eigenvalue weighted by Gasteiger charge is 2.10. The van der Waals surface area contributed by atoms with Crippen LogP contribution in [0.1, 0.15) is 15.5 Å². The standard InChI is InChI=1S/C8H8N6OS/c1-4-13-14-8(16-4)12-7(15)5-2-10-3-6(9)11-5/h2-3H,1H3,(H2,9,11)(H,12,14,15).